The quantitative estimate of drug-likeness (QED) is 0.830. The SMILES string of the molecule is N#Cc1cccc(OCCc2ccccc2N)n1. The Hall–Kier alpha value is -2.54. The van der Waals surface area contributed by atoms with Gasteiger partial charge in [-0.2, -0.15) is 5.26 Å². The smallest absolute Gasteiger partial charge is 0.214 e. The molecular weight excluding hydrogens is 226 g/mol. The number of rotatable bonds is 4. The van der Waals surface area contributed by atoms with Crippen LogP contribution in [0.5, 0.6) is 5.88 Å². The molecular formula is C14H13N3O. The third kappa shape index (κ3) is 2.98. The lowest BCUT2D eigenvalue weighted by Crippen LogP contribution is -2.05. The number of nitrogens with two attached hydrogens (primary N) is 1. The molecule has 0 bridgehead atoms. The average Bonchev–Trinajstić information content (AvgIpc) is 2.41. The molecule has 0 atom stereocenters. The van der Waals surface area contributed by atoms with E-state index in [4.69, 9.17) is 15.7 Å². The van der Waals surface area contributed by atoms with Crippen LogP contribution < -0.4 is 10.5 Å². The van der Waals surface area contributed by atoms with E-state index in [-0.39, 0.29) is 0 Å². The second-order valence-corrected chi connectivity index (χ2v) is 3.77. The number of nitriles is 1. The van der Waals surface area contributed by atoms with Crippen LogP contribution in [-0.4, -0.2) is 11.6 Å². The highest BCUT2D eigenvalue weighted by molar-refractivity contribution is 5.46. The second kappa shape index (κ2) is 5.69. The third-order valence-corrected chi connectivity index (χ3v) is 2.51. The fourth-order valence-electron chi connectivity index (χ4n) is 1.58. The van der Waals surface area contributed by atoms with Crippen molar-refractivity contribution in [3.05, 3.63) is 53.7 Å². The summed E-state index contributed by atoms with van der Waals surface area (Å²) in [5, 5.41) is 8.72. The van der Waals surface area contributed by atoms with E-state index in [0.717, 1.165) is 11.3 Å². The Bertz CT molecular complexity index is 575. The lowest BCUT2D eigenvalue weighted by molar-refractivity contribution is 0.309. The number of anilines is 1. The molecule has 0 unspecified atom stereocenters. The summed E-state index contributed by atoms with van der Waals surface area (Å²) in [4.78, 5) is 4.03. The molecule has 0 saturated heterocycles. The maximum Gasteiger partial charge on any atom is 0.214 e. The average molecular weight is 239 g/mol. The van der Waals surface area contributed by atoms with Gasteiger partial charge >= 0.3 is 0 Å². The molecule has 0 aliphatic heterocycles. The number of hydrogen-bond acceptors (Lipinski definition) is 4. The Labute approximate surface area is 106 Å². The molecule has 4 heteroatoms. The maximum atomic E-state index is 8.72. The molecule has 0 radical (unpaired) electrons. The standard InChI is InChI=1S/C14H13N3O/c15-10-12-5-3-7-14(17-12)18-9-8-11-4-1-2-6-13(11)16/h1-7H,8-9,16H2. The van der Waals surface area contributed by atoms with Gasteiger partial charge in [0.15, 0.2) is 0 Å². The monoisotopic (exact) mass is 239 g/mol. The molecule has 90 valence electrons. The van der Waals surface area contributed by atoms with Crippen LogP contribution in [0.15, 0.2) is 42.5 Å². The molecule has 2 N–H and O–H groups in total. The van der Waals surface area contributed by atoms with Crippen LogP contribution in [-0.2, 0) is 6.42 Å². The summed E-state index contributed by atoms with van der Waals surface area (Å²) >= 11 is 0. The van der Waals surface area contributed by atoms with Crippen molar-refractivity contribution in [2.45, 2.75) is 6.42 Å². The van der Waals surface area contributed by atoms with Crippen molar-refractivity contribution in [3.8, 4) is 11.9 Å². The van der Waals surface area contributed by atoms with Crippen LogP contribution in [0.2, 0.25) is 0 Å². The predicted molar refractivity (Wildman–Crippen MR) is 69.0 cm³/mol. The Kier molecular flexibility index (Phi) is 3.77. The van der Waals surface area contributed by atoms with E-state index >= 15 is 0 Å². The van der Waals surface area contributed by atoms with Crippen LogP contribution in [0.4, 0.5) is 5.69 Å². The summed E-state index contributed by atoms with van der Waals surface area (Å²) in [5.41, 5.74) is 8.00. The summed E-state index contributed by atoms with van der Waals surface area (Å²) in [6.07, 6.45) is 0.713. The first-order valence-electron chi connectivity index (χ1n) is 5.63. The predicted octanol–water partition coefficient (Wildman–Crippen LogP) is 2.16. The Morgan fingerprint density at radius 1 is 1.17 bits per heavy atom. The van der Waals surface area contributed by atoms with Gasteiger partial charge in [-0.25, -0.2) is 4.98 Å². The van der Waals surface area contributed by atoms with E-state index in [1.807, 2.05) is 30.3 Å². The minimum absolute atomic E-state index is 0.353. The molecule has 2 rings (SSSR count). The highest BCUT2D eigenvalue weighted by Gasteiger charge is 2.00. The molecule has 0 saturated carbocycles. The largest absolute Gasteiger partial charge is 0.477 e. The minimum Gasteiger partial charge on any atom is -0.477 e. The van der Waals surface area contributed by atoms with Crippen LogP contribution in [0.1, 0.15) is 11.3 Å². The lowest BCUT2D eigenvalue weighted by atomic mass is 10.1. The van der Waals surface area contributed by atoms with Gasteiger partial charge in [-0.1, -0.05) is 24.3 Å². The van der Waals surface area contributed by atoms with Gasteiger partial charge in [0.2, 0.25) is 5.88 Å². The zero-order valence-electron chi connectivity index (χ0n) is 9.84. The van der Waals surface area contributed by atoms with Gasteiger partial charge in [0.05, 0.1) is 6.61 Å². The summed E-state index contributed by atoms with van der Waals surface area (Å²) < 4.78 is 5.49. The molecule has 1 aromatic heterocycles. The molecule has 0 aliphatic rings. The first-order chi connectivity index (χ1) is 8.79. The van der Waals surface area contributed by atoms with E-state index in [9.17, 15) is 0 Å². The Morgan fingerprint density at radius 3 is 2.78 bits per heavy atom. The first-order valence-corrected chi connectivity index (χ1v) is 5.63. The lowest BCUT2D eigenvalue weighted by Gasteiger charge is -2.07. The molecule has 0 amide bonds. The Balaban J connectivity index is 1.93. The fraction of sp³-hybridized carbons (Fsp3) is 0.143. The highest BCUT2D eigenvalue weighted by atomic mass is 16.5. The van der Waals surface area contributed by atoms with Crippen molar-refractivity contribution in [1.82, 2.24) is 4.98 Å². The topological polar surface area (TPSA) is 71.9 Å². The molecule has 18 heavy (non-hydrogen) atoms. The number of para-hydroxylation sites is 1. The van der Waals surface area contributed by atoms with Gasteiger partial charge in [0.25, 0.3) is 0 Å². The highest BCUT2D eigenvalue weighted by Crippen LogP contribution is 2.12. The van der Waals surface area contributed by atoms with E-state index in [2.05, 4.69) is 4.98 Å². The van der Waals surface area contributed by atoms with Crippen LogP contribution in [0.3, 0.4) is 0 Å². The third-order valence-electron chi connectivity index (χ3n) is 2.51. The molecule has 0 fully saturated rings. The van der Waals surface area contributed by atoms with Crippen molar-refractivity contribution in [3.63, 3.8) is 0 Å². The number of ether oxygens (including phenoxy) is 1. The summed E-state index contributed by atoms with van der Waals surface area (Å²) in [6.45, 7) is 0.482. The number of aromatic nitrogens is 1. The van der Waals surface area contributed by atoms with Crippen molar-refractivity contribution in [2.75, 3.05) is 12.3 Å². The van der Waals surface area contributed by atoms with Gasteiger partial charge < -0.3 is 10.5 Å². The van der Waals surface area contributed by atoms with Crippen LogP contribution >= 0.6 is 0 Å². The van der Waals surface area contributed by atoms with Gasteiger partial charge in [-0.3, -0.25) is 0 Å². The second-order valence-electron chi connectivity index (χ2n) is 3.77. The van der Waals surface area contributed by atoms with Gasteiger partial charge in [0.1, 0.15) is 11.8 Å². The van der Waals surface area contributed by atoms with E-state index in [1.54, 1.807) is 18.2 Å². The fourth-order valence-corrected chi connectivity index (χ4v) is 1.58. The summed E-state index contributed by atoms with van der Waals surface area (Å²) in [6, 6.07) is 14.8. The number of hydrogen-bond donors (Lipinski definition) is 1. The van der Waals surface area contributed by atoms with Gasteiger partial charge in [-0.05, 0) is 17.7 Å². The number of pyridine rings is 1. The van der Waals surface area contributed by atoms with Crippen LogP contribution in [0.25, 0.3) is 0 Å². The van der Waals surface area contributed by atoms with Gasteiger partial charge in [-0.15, -0.1) is 0 Å². The van der Waals surface area contributed by atoms with Crippen molar-refractivity contribution in [1.29, 1.82) is 5.26 Å². The first kappa shape index (κ1) is 11.9. The number of nitrogen functional groups attached to an aromatic ring is 1. The summed E-state index contributed by atoms with van der Waals surface area (Å²) in [5.74, 6) is 0.462. The van der Waals surface area contributed by atoms with E-state index in [0.29, 0.717) is 24.6 Å². The molecule has 0 spiro atoms. The minimum atomic E-state index is 0.353. The summed E-state index contributed by atoms with van der Waals surface area (Å²) in [7, 11) is 0. The molecule has 4 nitrogen and oxygen atoms in total. The number of nitrogens with zero attached hydrogens (tertiary/aromatic N) is 2. The molecule has 1 aromatic carbocycles. The van der Waals surface area contributed by atoms with Crippen molar-refractivity contribution in [2.24, 2.45) is 0 Å². The maximum absolute atomic E-state index is 8.72. The number of benzene rings is 1. The van der Waals surface area contributed by atoms with Crippen LogP contribution in [0, 0.1) is 11.3 Å². The van der Waals surface area contributed by atoms with E-state index < -0.39 is 0 Å². The zero-order chi connectivity index (χ0) is 12.8. The van der Waals surface area contributed by atoms with Gasteiger partial charge in [0, 0.05) is 18.2 Å². The molecule has 1 heterocycles. The normalized spacial score (nSPS) is 9.72. The Morgan fingerprint density at radius 2 is 2.00 bits per heavy atom. The zero-order valence-corrected chi connectivity index (χ0v) is 9.84. The van der Waals surface area contributed by atoms with Crippen molar-refractivity contribution < 1.29 is 4.74 Å². The van der Waals surface area contributed by atoms with Crippen molar-refractivity contribution >= 4 is 5.69 Å². The molecule has 2 aromatic rings. The molecule has 0 aliphatic carbocycles. The van der Waals surface area contributed by atoms with E-state index in [1.165, 1.54) is 0 Å².